The number of hydrogen-bond donors (Lipinski definition) is 2. The molecule has 0 radical (unpaired) electrons. The minimum Gasteiger partial charge on any atom is -0.271 e. The Balaban J connectivity index is 1.72. The van der Waals surface area contributed by atoms with Crippen molar-refractivity contribution in [2.75, 3.05) is 0 Å². The molecule has 0 bridgehead atoms. The number of rotatable bonds is 3. The molecule has 0 saturated heterocycles. The topological polar surface area (TPSA) is 50.9 Å². The van der Waals surface area contributed by atoms with Crippen LogP contribution in [0, 0.1) is 0 Å². The molecule has 0 aliphatic heterocycles. The van der Waals surface area contributed by atoms with Crippen molar-refractivity contribution in [1.82, 2.24) is 10.4 Å². The number of benzene rings is 2. The fourth-order valence-electron chi connectivity index (χ4n) is 3.32. The van der Waals surface area contributed by atoms with E-state index in [0.717, 1.165) is 17.3 Å². The van der Waals surface area contributed by atoms with Crippen molar-refractivity contribution in [1.29, 1.82) is 0 Å². The molecular weight excluding hydrogens is 258 g/mol. The highest BCUT2D eigenvalue weighted by Crippen LogP contribution is 2.43. The molecule has 2 atom stereocenters. The third-order valence-corrected chi connectivity index (χ3v) is 4.47. The lowest BCUT2D eigenvalue weighted by molar-refractivity contribution is 0.419. The van der Waals surface area contributed by atoms with Crippen LogP contribution in [-0.4, -0.2) is 4.98 Å². The van der Waals surface area contributed by atoms with Gasteiger partial charge in [0.15, 0.2) is 0 Å². The van der Waals surface area contributed by atoms with Crippen molar-refractivity contribution in [3.8, 4) is 0 Å². The molecule has 0 saturated carbocycles. The molecule has 3 N–H and O–H groups in total. The molecule has 3 nitrogen and oxygen atoms in total. The standard InChI is InChI=1S/C18H17N3/c19-21-18(16-10-13-4-1-2-6-15(13)16)14-8-7-12-5-3-9-20-17(12)11-14/h1-9,11,16,18,21H,10,19H2. The van der Waals surface area contributed by atoms with Gasteiger partial charge in [0.1, 0.15) is 0 Å². The molecule has 0 fully saturated rings. The van der Waals surface area contributed by atoms with E-state index >= 15 is 0 Å². The number of pyridine rings is 1. The Bertz CT molecular complexity index is 797. The molecule has 104 valence electrons. The molecule has 1 aromatic heterocycles. The number of hydrazine groups is 1. The Hall–Kier alpha value is -2.23. The van der Waals surface area contributed by atoms with Crippen molar-refractivity contribution in [3.63, 3.8) is 0 Å². The third-order valence-electron chi connectivity index (χ3n) is 4.47. The van der Waals surface area contributed by atoms with Crippen LogP contribution in [0.5, 0.6) is 0 Å². The van der Waals surface area contributed by atoms with E-state index in [2.05, 4.69) is 58.9 Å². The zero-order chi connectivity index (χ0) is 14.2. The Labute approximate surface area is 123 Å². The third kappa shape index (κ3) is 2.02. The fourth-order valence-corrected chi connectivity index (χ4v) is 3.32. The number of hydrogen-bond acceptors (Lipinski definition) is 3. The first-order valence-corrected chi connectivity index (χ1v) is 7.25. The van der Waals surface area contributed by atoms with Gasteiger partial charge in [-0.25, -0.2) is 0 Å². The van der Waals surface area contributed by atoms with Crippen LogP contribution in [0.1, 0.15) is 28.7 Å². The minimum absolute atomic E-state index is 0.131. The smallest absolute Gasteiger partial charge is 0.0705 e. The zero-order valence-electron chi connectivity index (χ0n) is 11.7. The van der Waals surface area contributed by atoms with E-state index in [9.17, 15) is 0 Å². The molecule has 0 amide bonds. The average molecular weight is 275 g/mol. The summed E-state index contributed by atoms with van der Waals surface area (Å²) in [6, 6.07) is 19.2. The van der Waals surface area contributed by atoms with Crippen molar-refractivity contribution in [2.24, 2.45) is 5.84 Å². The second kappa shape index (κ2) is 4.95. The Morgan fingerprint density at radius 2 is 2.00 bits per heavy atom. The van der Waals surface area contributed by atoms with Crippen molar-refractivity contribution < 1.29 is 0 Å². The van der Waals surface area contributed by atoms with Gasteiger partial charge in [-0.2, -0.15) is 0 Å². The molecule has 1 aliphatic rings. The van der Waals surface area contributed by atoms with Gasteiger partial charge in [-0.05, 0) is 35.2 Å². The molecule has 0 spiro atoms. The van der Waals surface area contributed by atoms with Gasteiger partial charge in [0.25, 0.3) is 0 Å². The Kier molecular flexibility index (Phi) is 2.95. The van der Waals surface area contributed by atoms with Crippen LogP contribution in [0.3, 0.4) is 0 Å². The monoisotopic (exact) mass is 275 g/mol. The second-order valence-corrected chi connectivity index (χ2v) is 5.61. The van der Waals surface area contributed by atoms with Gasteiger partial charge in [0, 0.05) is 17.5 Å². The molecule has 1 heterocycles. The Morgan fingerprint density at radius 3 is 2.86 bits per heavy atom. The van der Waals surface area contributed by atoms with Crippen LogP contribution in [0.4, 0.5) is 0 Å². The van der Waals surface area contributed by atoms with Crippen molar-refractivity contribution in [2.45, 2.75) is 18.4 Å². The van der Waals surface area contributed by atoms with Crippen LogP contribution >= 0.6 is 0 Å². The van der Waals surface area contributed by atoms with E-state index in [1.807, 2.05) is 12.3 Å². The van der Waals surface area contributed by atoms with E-state index in [-0.39, 0.29) is 6.04 Å². The maximum atomic E-state index is 5.85. The lowest BCUT2D eigenvalue weighted by atomic mass is 9.72. The first-order chi connectivity index (χ1) is 10.4. The summed E-state index contributed by atoms with van der Waals surface area (Å²) in [6.07, 6.45) is 2.90. The van der Waals surface area contributed by atoms with Crippen LogP contribution < -0.4 is 11.3 Å². The van der Waals surface area contributed by atoms with Gasteiger partial charge in [0.05, 0.1) is 11.6 Å². The van der Waals surface area contributed by atoms with Gasteiger partial charge < -0.3 is 0 Å². The number of aromatic nitrogens is 1. The van der Waals surface area contributed by atoms with E-state index in [1.54, 1.807) is 0 Å². The average Bonchev–Trinajstić information content (AvgIpc) is 2.52. The normalized spacial score (nSPS) is 18.0. The SMILES string of the molecule is NNC(c1ccc2cccnc2c1)C1Cc2ccccc21. The first kappa shape index (κ1) is 12.5. The predicted molar refractivity (Wildman–Crippen MR) is 84.7 cm³/mol. The number of nitrogens with zero attached hydrogens (tertiary/aromatic N) is 1. The largest absolute Gasteiger partial charge is 0.271 e. The Morgan fingerprint density at radius 1 is 1.10 bits per heavy atom. The molecule has 3 heteroatoms. The maximum absolute atomic E-state index is 5.85. The summed E-state index contributed by atoms with van der Waals surface area (Å²) < 4.78 is 0. The van der Waals surface area contributed by atoms with Gasteiger partial charge >= 0.3 is 0 Å². The lowest BCUT2D eigenvalue weighted by Gasteiger charge is -2.36. The maximum Gasteiger partial charge on any atom is 0.0705 e. The first-order valence-electron chi connectivity index (χ1n) is 7.25. The lowest BCUT2D eigenvalue weighted by Crippen LogP contribution is -2.37. The van der Waals surface area contributed by atoms with Crippen LogP contribution in [0.25, 0.3) is 10.9 Å². The molecule has 4 rings (SSSR count). The molecule has 2 unspecified atom stereocenters. The summed E-state index contributed by atoms with van der Waals surface area (Å²) in [6.45, 7) is 0. The van der Waals surface area contributed by atoms with Crippen molar-refractivity contribution >= 4 is 10.9 Å². The van der Waals surface area contributed by atoms with E-state index in [0.29, 0.717) is 5.92 Å². The quantitative estimate of drug-likeness (QED) is 0.570. The summed E-state index contributed by atoms with van der Waals surface area (Å²) in [7, 11) is 0. The molecule has 21 heavy (non-hydrogen) atoms. The summed E-state index contributed by atoms with van der Waals surface area (Å²) in [5.74, 6) is 6.28. The molecular formula is C18H17N3. The predicted octanol–water partition coefficient (Wildman–Crippen LogP) is 3.08. The molecule has 3 aromatic rings. The van der Waals surface area contributed by atoms with Crippen LogP contribution in [0.2, 0.25) is 0 Å². The number of fused-ring (bicyclic) bond motifs is 2. The highest BCUT2D eigenvalue weighted by Gasteiger charge is 2.33. The highest BCUT2D eigenvalue weighted by molar-refractivity contribution is 5.79. The van der Waals surface area contributed by atoms with Crippen molar-refractivity contribution in [3.05, 3.63) is 77.5 Å². The summed E-state index contributed by atoms with van der Waals surface area (Å²) in [5, 5.41) is 1.16. The van der Waals surface area contributed by atoms with Gasteiger partial charge in [-0.3, -0.25) is 16.3 Å². The molecule has 1 aliphatic carbocycles. The van der Waals surface area contributed by atoms with Gasteiger partial charge in [-0.15, -0.1) is 0 Å². The van der Waals surface area contributed by atoms with Gasteiger partial charge in [-0.1, -0.05) is 42.5 Å². The van der Waals surface area contributed by atoms with E-state index in [4.69, 9.17) is 5.84 Å². The van der Waals surface area contributed by atoms with Crippen LogP contribution in [0.15, 0.2) is 60.8 Å². The second-order valence-electron chi connectivity index (χ2n) is 5.61. The van der Waals surface area contributed by atoms with E-state index in [1.165, 1.54) is 16.7 Å². The summed E-state index contributed by atoms with van der Waals surface area (Å²) in [4.78, 5) is 4.44. The van der Waals surface area contributed by atoms with Gasteiger partial charge in [0.2, 0.25) is 0 Å². The minimum atomic E-state index is 0.131. The fraction of sp³-hybridized carbons (Fsp3) is 0.167. The number of nitrogens with one attached hydrogen (secondary N) is 1. The zero-order valence-corrected chi connectivity index (χ0v) is 11.7. The summed E-state index contributed by atoms with van der Waals surface area (Å²) >= 11 is 0. The molecule has 2 aromatic carbocycles. The van der Waals surface area contributed by atoms with Crippen LogP contribution in [-0.2, 0) is 6.42 Å². The summed E-state index contributed by atoms with van der Waals surface area (Å²) in [5.41, 5.74) is 8.05. The number of nitrogens with two attached hydrogens (primary N) is 1. The highest BCUT2D eigenvalue weighted by atomic mass is 15.2. The van der Waals surface area contributed by atoms with E-state index < -0.39 is 0 Å².